The Morgan fingerprint density at radius 3 is 3.03 bits per heavy atom. The maximum absolute atomic E-state index is 12.2. The van der Waals surface area contributed by atoms with Gasteiger partial charge in [-0.25, -0.2) is 4.98 Å². The van der Waals surface area contributed by atoms with Crippen LogP contribution >= 0.6 is 23.1 Å². The SMILES string of the molecule is CC(C)(C)[C@@H]1CCc2c(sc3ncn4c(SCC(=O)NCc5ccco5)nnc4c23)C1. The number of nitrogens with zero attached hydrogens (tertiary/aromatic N) is 4. The van der Waals surface area contributed by atoms with Crippen LogP contribution in [-0.4, -0.2) is 31.2 Å². The van der Waals surface area contributed by atoms with Gasteiger partial charge >= 0.3 is 0 Å². The van der Waals surface area contributed by atoms with Crippen molar-refractivity contribution < 1.29 is 9.21 Å². The normalized spacial score (nSPS) is 16.7. The summed E-state index contributed by atoms with van der Waals surface area (Å²) in [5.74, 6) is 1.60. The molecule has 1 aliphatic carbocycles. The average molecular weight is 456 g/mol. The number of hydrogen-bond donors (Lipinski definition) is 1. The second-order valence-corrected chi connectivity index (χ2v) is 11.1. The van der Waals surface area contributed by atoms with Gasteiger partial charge in [-0.3, -0.25) is 9.20 Å². The Kier molecular flexibility index (Phi) is 5.26. The third-order valence-corrected chi connectivity index (χ3v) is 8.13. The number of thiophene rings is 1. The minimum Gasteiger partial charge on any atom is -0.467 e. The topological polar surface area (TPSA) is 85.3 Å². The Bertz CT molecular complexity index is 1240. The van der Waals surface area contributed by atoms with Crippen molar-refractivity contribution in [3.8, 4) is 0 Å². The Balaban J connectivity index is 1.35. The molecule has 0 saturated carbocycles. The van der Waals surface area contributed by atoms with Crippen molar-refractivity contribution in [2.75, 3.05) is 5.75 Å². The van der Waals surface area contributed by atoms with Crippen molar-refractivity contribution in [1.82, 2.24) is 24.9 Å². The Morgan fingerprint density at radius 2 is 2.26 bits per heavy atom. The summed E-state index contributed by atoms with van der Waals surface area (Å²) in [4.78, 5) is 19.4. The lowest BCUT2D eigenvalue weighted by molar-refractivity contribution is -0.118. The van der Waals surface area contributed by atoms with E-state index in [0.29, 0.717) is 23.0 Å². The zero-order valence-corrected chi connectivity index (χ0v) is 19.5. The smallest absolute Gasteiger partial charge is 0.230 e. The zero-order valence-electron chi connectivity index (χ0n) is 17.8. The molecule has 0 radical (unpaired) electrons. The number of rotatable bonds is 5. The van der Waals surface area contributed by atoms with E-state index in [0.717, 1.165) is 34.5 Å². The van der Waals surface area contributed by atoms with Gasteiger partial charge in [0.15, 0.2) is 10.8 Å². The number of carbonyl (C=O) groups excluding carboxylic acids is 1. The monoisotopic (exact) mass is 455 g/mol. The summed E-state index contributed by atoms with van der Waals surface area (Å²) in [5.41, 5.74) is 2.54. The first-order valence-corrected chi connectivity index (χ1v) is 12.3. The fourth-order valence-electron chi connectivity index (χ4n) is 4.17. The molecule has 0 unspecified atom stereocenters. The van der Waals surface area contributed by atoms with Gasteiger partial charge in [-0.05, 0) is 48.3 Å². The molecule has 0 spiro atoms. The highest BCUT2D eigenvalue weighted by atomic mass is 32.2. The Labute approximate surface area is 188 Å². The number of thioether (sulfide) groups is 1. The molecule has 1 N–H and O–H groups in total. The van der Waals surface area contributed by atoms with E-state index in [4.69, 9.17) is 9.40 Å². The molecule has 1 atom stereocenters. The van der Waals surface area contributed by atoms with E-state index in [-0.39, 0.29) is 11.7 Å². The minimum atomic E-state index is -0.0756. The van der Waals surface area contributed by atoms with E-state index in [9.17, 15) is 4.79 Å². The van der Waals surface area contributed by atoms with Gasteiger partial charge in [0.1, 0.15) is 16.9 Å². The molecule has 4 aromatic heterocycles. The van der Waals surface area contributed by atoms with Crippen LogP contribution in [-0.2, 0) is 24.2 Å². The molecule has 1 amide bonds. The van der Waals surface area contributed by atoms with Gasteiger partial charge in [0.2, 0.25) is 5.91 Å². The maximum atomic E-state index is 12.2. The minimum absolute atomic E-state index is 0.0756. The van der Waals surface area contributed by atoms with Gasteiger partial charge in [-0.1, -0.05) is 32.5 Å². The third kappa shape index (κ3) is 3.96. The number of fused-ring (bicyclic) bond motifs is 5. The lowest BCUT2D eigenvalue weighted by Crippen LogP contribution is -2.26. The largest absolute Gasteiger partial charge is 0.467 e. The number of nitrogens with one attached hydrogen (secondary N) is 1. The average Bonchev–Trinajstić information content (AvgIpc) is 3.46. The zero-order chi connectivity index (χ0) is 21.6. The van der Waals surface area contributed by atoms with Crippen molar-refractivity contribution in [3.63, 3.8) is 0 Å². The van der Waals surface area contributed by atoms with Crippen molar-refractivity contribution in [3.05, 3.63) is 40.9 Å². The van der Waals surface area contributed by atoms with Crippen molar-refractivity contribution in [2.24, 2.45) is 11.3 Å². The Morgan fingerprint density at radius 1 is 1.39 bits per heavy atom. The van der Waals surface area contributed by atoms with Crippen LogP contribution in [0.4, 0.5) is 0 Å². The number of hydrogen-bond acceptors (Lipinski definition) is 7. The maximum Gasteiger partial charge on any atom is 0.230 e. The molecule has 0 fully saturated rings. The van der Waals surface area contributed by atoms with Crippen molar-refractivity contribution in [1.29, 1.82) is 0 Å². The molecule has 4 heterocycles. The van der Waals surface area contributed by atoms with Gasteiger partial charge in [-0.2, -0.15) is 0 Å². The van der Waals surface area contributed by atoms with Crippen LogP contribution in [0.15, 0.2) is 34.3 Å². The molecule has 31 heavy (non-hydrogen) atoms. The molecule has 0 aromatic carbocycles. The highest BCUT2D eigenvalue weighted by Gasteiger charge is 2.31. The van der Waals surface area contributed by atoms with Gasteiger partial charge in [0.25, 0.3) is 0 Å². The van der Waals surface area contributed by atoms with Crippen molar-refractivity contribution in [2.45, 2.75) is 51.7 Å². The number of aryl methyl sites for hydroxylation is 1. The molecule has 0 aliphatic heterocycles. The summed E-state index contributed by atoms with van der Waals surface area (Å²) in [6, 6.07) is 3.64. The fraction of sp³-hybridized carbons (Fsp3) is 0.455. The predicted molar refractivity (Wildman–Crippen MR) is 122 cm³/mol. The second kappa shape index (κ2) is 7.94. The lowest BCUT2D eigenvalue weighted by atomic mass is 9.72. The summed E-state index contributed by atoms with van der Waals surface area (Å²) in [7, 11) is 0. The summed E-state index contributed by atoms with van der Waals surface area (Å²) in [5, 5.41) is 13.5. The third-order valence-electron chi connectivity index (χ3n) is 6.02. The van der Waals surface area contributed by atoms with Crippen LogP contribution in [0.2, 0.25) is 0 Å². The van der Waals surface area contributed by atoms with Gasteiger partial charge < -0.3 is 9.73 Å². The quantitative estimate of drug-likeness (QED) is 0.446. The lowest BCUT2D eigenvalue weighted by Gasteiger charge is -2.33. The number of furan rings is 1. The van der Waals surface area contributed by atoms with Crippen LogP contribution in [0.1, 0.15) is 43.4 Å². The summed E-state index contributed by atoms with van der Waals surface area (Å²) in [6.45, 7) is 7.38. The van der Waals surface area contributed by atoms with Crippen molar-refractivity contribution >= 4 is 44.9 Å². The van der Waals surface area contributed by atoms with E-state index in [1.807, 2.05) is 10.5 Å². The highest BCUT2D eigenvalue weighted by Crippen LogP contribution is 2.43. The first-order chi connectivity index (χ1) is 14.9. The van der Waals surface area contributed by atoms with E-state index in [1.165, 1.54) is 28.6 Å². The standard InChI is InChI=1S/C22H25N5O2S2/c1-22(2,3)13-6-7-15-16(9-13)31-20-18(15)19-25-26-21(27(19)12-24-20)30-11-17(28)23-10-14-5-4-8-29-14/h4-5,8,12-13H,6-7,9-11H2,1-3H3,(H,23,28)/t13-/m1/s1. The van der Waals surface area contributed by atoms with Gasteiger partial charge in [-0.15, -0.1) is 21.5 Å². The van der Waals surface area contributed by atoms with E-state index in [2.05, 4.69) is 36.3 Å². The van der Waals surface area contributed by atoms with E-state index in [1.54, 1.807) is 30.0 Å². The fourth-order valence-corrected chi connectivity index (χ4v) is 6.17. The molecular formula is C22H25N5O2S2. The first kappa shape index (κ1) is 20.5. The van der Waals surface area contributed by atoms with Gasteiger partial charge in [0, 0.05) is 4.88 Å². The predicted octanol–water partition coefficient (Wildman–Crippen LogP) is 4.49. The van der Waals surface area contributed by atoms with Crippen LogP contribution in [0, 0.1) is 11.3 Å². The summed E-state index contributed by atoms with van der Waals surface area (Å²) < 4.78 is 7.15. The second-order valence-electron chi connectivity index (χ2n) is 9.06. The molecule has 5 rings (SSSR count). The number of amides is 1. The summed E-state index contributed by atoms with van der Waals surface area (Å²) in [6.07, 6.45) is 6.73. The molecular weight excluding hydrogens is 430 g/mol. The molecule has 0 bridgehead atoms. The molecule has 4 aromatic rings. The van der Waals surface area contributed by atoms with Crippen LogP contribution in [0.5, 0.6) is 0 Å². The summed E-state index contributed by atoms with van der Waals surface area (Å²) >= 11 is 3.16. The van der Waals surface area contributed by atoms with Crippen LogP contribution in [0.3, 0.4) is 0 Å². The highest BCUT2D eigenvalue weighted by molar-refractivity contribution is 7.99. The molecule has 1 aliphatic rings. The van der Waals surface area contributed by atoms with E-state index < -0.39 is 0 Å². The molecule has 162 valence electrons. The Hall–Kier alpha value is -2.39. The first-order valence-electron chi connectivity index (χ1n) is 10.5. The molecule has 0 saturated heterocycles. The molecule has 9 heteroatoms. The molecule has 7 nitrogen and oxygen atoms in total. The van der Waals surface area contributed by atoms with E-state index >= 15 is 0 Å². The van der Waals surface area contributed by atoms with Gasteiger partial charge in [0.05, 0.1) is 23.9 Å². The number of carbonyl (C=O) groups is 1. The van der Waals surface area contributed by atoms with Crippen LogP contribution in [0.25, 0.3) is 15.9 Å². The number of aromatic nitrogens is 4. The van der Waals surface area contributed by atoms with Crippen LogP contribution < -0.4 is 5.32 Å².